The van der Waals surface area contributed by atoms with E-state index in [1.807, 2.05) is 28.8 Å². The lowest BCUT2D eigenvalue weighted by atomic mass is 10.2. The van der Waals surface area contributed by atoms with Gasteiger partial charge in [-0.1, -0.05) is 53.2 Å². The number of para-hydroxylation sites is 2. The van der Waals surface area contributed by atoms with Crippen molar-refractivity contribution in [2.75, 3.05) is 17.7 Å². The summed E-state index contributed by atoms with van der Waals surface area (Å²) in [6.45, 7) is 6.32. The highest BCUT2D eigenvalue weighted by molar-refractivity contribution is 7.99. The molecule has 0 bridgehead atoms. The van der Waals surface area contributed by atoms with E-state index in [4.69, 9.17) is 32.7 Å². The quantitative estimate of drug-likeness (QED) is 0.377. The zero-order chi connectivity index (χ0) is 22.7. The normalized spacial score (nSPS) is 14.8. The van der Waals surface area contributed by atoms with E-state index in [2.05, 4.69) is 27.1 Å². The lowest BCUT2D eigenvalue weighted by Crippen LogP contribution is -2.25. The molecule has 4 rings (SSSR count). The molecule has 0 saturated heterocycles. The van der Waals surface area contributed by atoms with Gasteiger partial charge >= 0.3 is 0 Å². The van der Waals surface area contributed by atoms with E-state index in [1.165, 1.54) is 18.0 Å². The number of benzene rings is 1. The number of hydrogen-bond donors (Lipinski definition) is 1. The molecule has 2 aromatic heterocycles. The molecular formula is C21H19Cl2N5O3S. The zero-order valence-electron chi connectivity index (χ0n) is 17.0. The first kappa shape index (κ1) is 22.4. The van der Waals surface area contributed by atoms with Crippen LogP contribution in [-0.2, 0) is 11.3 Å². The minimum Gasteiger partial charge on any atom is -0.485 e. The number of thioether (sulfide) groups is 1. The van der Waals surface area contributed by atoms with E-state index < -0.39 is 6.10 Å². The lowest BCUT2D eigenvalue weighted by Gasteiger charge is -2.26. The van der Waals surface area contributed by atoms with Crippen molar-refractivity contribution in [2.24, 2.45) is 0 Å². The average Bonchev–Trinajstić information content (AvgIpc) is 3.20. The molecule has 1 N–H and O–H groups in total. The number of carbonyl (C=O) groups is 1. The van der Waals surface area contributed by atoms with Crippen LogP contribution in [0.2, 0.25) is 10.0 Å². The summed E-state index contributed by atoms with van der Waals surface area (Å²) in [5, 5.41) is 12.5. The number of pyridine rings is 1. The van der Waals surface area contributed by atoms with Gasteiger partial charge in [0.2, 0.25) is 5.91 Å². The van der Waals surface area contributed by atoms with Crippen molar-refractivity contribution in [3.63, 3.8) is 0 Å². The maximum absolute atomic E-state index is 12.5. The van der Waals surface area contributed by atoms with Gasteiger partial charge < -0.3 is 14.8 Å². The molecule has 11 heteroatoms. The highest BCUT2D eigenvalue weighted by Gasteiger charge is 2.28. The third-order valence-corrected chi connectivity index (χ3v) is 6.46. The Morgan fingerprint density at radius 3 is 2.91 bits per heavy atom. The SMILES string of the molecule is C=CCn1c(SCC(=O)Nc2ncc(Cl)c(C)c2Cl)nnc1C1COc2ccccc2O1. The van der Waals surface area contributed by atoms with Gasteiger partial charge in [-0.25, -0.2) is 4.98 Å². The number of hydrogen-bond acceptors (Lipinski definition) is 7. The Morgan fingerprint density at radius 1 is 1.34 bits per heavy atom. The summed E-state index contributed by atoms with van der Waals surface area (Å²) in [6, 6.07) is 7.45. The molecule has 166 valence electrons. The molecule has 0 spiro atoms. The largest absolute Gasteiger partial charge is 0.485 e. The monoisotopic (exact) mass is 491 g/mol. The fraction of sp³-hybridized carbons (Fsp3) is 0.238. The van der Waals surface area contributed by atoms with Crippen molar-refractivity contribution in [1.82, 2.24) is 19.7 Å². The highest BCUT2D eigenvalue weighted by Crippen LogP contribution is 2.36. The Labute approximate surface area is 198 Å². The maximum Gasteiger partial charge on any atom is 0.236 e. The number of amides is 1. The van der Waals surface area contributed by atoms with Crippen molar-refractivity contribution in [3.05, 3.63) is 64.6 Å². The topological polar surface area (TPSA) is 91.2 Å². The molecule has 1 aromatic carbocycles. The molecule has 0 saturated carbocycles. The number of rotatable bonds is 7. The minimum absolute atomic E-state index is 0.0832. The van der Waals surface area contributed by atoms with Crippen LogP contribution in [0.1, 0.15) is 17.5 Å². The first-order chi connectivity index (χ1) is 15.5. The van der Waals surface area contributed by atoms with Crippen LogP contribution in [0.5, 0.6) is 11.5 Å². The third kappa shape index (κ3) is 4.69. The molecule has 1 aliphatic rings. The number of aromatic nitrogens is 4. The smallest absolute Gasteiger partial charge is 0.236 e. The first-order valence-electron chi connectivity index (χ1n) is 9.63. The van der Waals surface area contributed by atoms with E-state index in [-0.39, 0.29) is 17.5 Å². The summed E-state index contributed by atoms with van der Waals surface area (Å²) in [5.41, 5.74) is 0.651. The lowest BCUT2D eigenvalue weighted by molar-refractivity contribution is -0.113. The van der Waals surface area contributed by atoms with Crippen molar-refractivity contribution in [3.8, 4) is 11.5 Å². The van der Waals surface area contributed by atoms with Gasteiger partial charge in [-0.15, -0.1) is 16.8 Å². The van der Waals surface area contributed by atoms with Crippen molar-refractivity contribution < 1.29 is 14.3 Å². The predicted octanol–water partition coefficient (Wildman–Crippen LogP) is 4.72. The Bertz CT molecular complexity index is 1170. The van der Waals surface area contributed by atoms with Gasteiger partial charge in [0.15, 0.2) is 34.4 Å². The van der Waals surface area contributed by atoms with Crippen molar-refractivity contribution in [2.45, 2.75) is 24.7 Å². The molecule has 3 heterocycles. The van der Waals surface area contributed by atoms with E-state index in [0.29, 0.717) is 51.2 Å². The maximum atomic E-state index is 12.5. The Hall–Kier alpha value is -2.75. The molecule has 0 fully saturated rings. The standard InChI is InChI=1S/C21H19Cl2N5O3S/c1-3-8-28-20(16-10-30-14-6-4-5-7-15(14)31-16)26-27-21(28)32-11-17(29)25-19-18(23)12(2)13(22)9-24-19/h3-7,9,16H,1,8,10-11H2,2H3,(H,24,25,29). The number of halogens is 2. The fourth-order valence-electron chi connectivity index (χ4n) is 3.03. The third-order valence-electron chi connectivity index (χ3n) is 4.65. The van der Waals surface area contributed by atoms with Gasteiger partial charge in [0.05, 0.1) is 15.8 Å². The molecule has 1 aliphatic heterocycles. The molecule has 8 nitrogen and oxygen atoms in total. The fourth-order valence-corrected chi connectivity index (χ4v) is 4.18. The number of nitrogens with one attached hydrogen (secondary N) is 1. The van der Waals surface area contributed by atoms with Gasteiger partial charge in [-0.05, 0) is 24.6 Å². The van der Waals surface area contributed by atoms with Gasteiger partial charge in [0.25, 0.3) is 0 Å². The molecule has 1 atom stereocenters. The van der Waals surface area contributed by atoms with E-state index in [1.54, 1.807) is 13.0 Å². The summed E-state index contributed by atoms with van der Waals surface area (Å²) in [7, 11) is 0. The predicted molar refractivity (Wildman–Crippen MR) is 124 cm³/mol. The summed E-state index contributed by atoms with van der Waals surface area (Å²) in [5.74, 6) is 1.99. The second kappa shape index (κ2) is 9.81. The number of nitrogens with zero attached hydrogens (tertiary/aromatic N) is 4. The second-order valence-corrected chi connectivity index (χ2v) is 8.56. The first-order valence-corrected chi connectivity index (χ1v) is 11.4. The zero-order valence-corrected chi connectivity index (χ0v) is 19.4. The van der Waals surface area contributed by atoms with Crippen LogP contribution >= 0.6 is 35.0 Å². The van der Waals surface area contributed by atoms with E-state index in [0.717, 1.165) is 0 Å². The molecular weight excluding hydrogens is 473 g/mol. The van der Waals surface area contributed by atoms with Gasteiger partial charge in [-0.3, -0.25) is 9.36 Å². The second-order valence-electron chi connectivity index (χ2n) is 6.83. The molecule has 0 aliphatic carbocycles. The van der Waals surface area contributed by atoms with Crippen LogP contribution in [0, 0.1) is 6.92 Å². The van der Waals surface area contributed by atoms with E-state index in [9.17, 15) is 4.79 Å². The van der Waals surface area contributed by atoms with Gasteiger partial charge in [0, 0.05) is 12.7 Å². The number of ether oxygens (including phenoxy) is 2. The molecule has 1 unspecified atom stereocenters. The summed E-state index contributed by atoms with van der Waals surface area (Å²) in [4.78, 5) is 16.5. The number of anilines is 1. The van der Waals surface area contributed by atoms with Crippen molar-refractivity contribution >= 4 is 46.7 Å². The molecule has 0 radical (unpaired) electrons. The molecule has 32 heavy (non-hydrogen) atoms. The van der Waals surface area contributed by atoms with Gasteiger partial charge in [-0.2, -0.15) is 0 Å². The number of fused-ring (bicyclic) bond motifs is 1. The van der Waals surface area contributed by atoms with Crippen LogP contribution < -0.4 is 14.8 Å². The van der Waals surface area contributed by atoms with Crippen LogP contribution in [-0.4, -0.2) is 38.0 Å². The minimum atomic E-state index is -0.430. The van der Waals surface area contributed by atoms with Gasteiger partial charge in [0.1, 0.15) is 6.61 Å². The molecule has 3 aromatic rings. The van der Waals surface area contributed by atoms with E-state index >= 15 is 0 Å². The van der Waals surface area contributed by atoms with Crippen molar-refractivity contribution in [1.29, 1.82) is 0 Å². The summed E-state index contributed by atoms with van der Waals surface area (Å²) < 4.78 is 13.7. The Balaban J connectivity index is 1.45. The number of carbonyl (C=O) groups excluding carboxylic acids is 1. The number of allylic oxidation sites excluding steroid dienone is 1. The van der Waals surface area contributed by atoms with Crippen LogP contribution in [0.15, 0.2) is 48.3 Å². The van der Waals surface area contributed by atoms with Crippen LogP contribution in [0.3, 0.4) is 0 Å². The summed E-state index contributed by atoms with van der Waals surface area (Å²) in [6.07, 6.45) is 2.75. The Morgan fingerprint density at radius 2 is 2.12 bits per heavy atom. The van der Waals surface area contributed by atoms with Crippen LogP contribution in [0.4, 0.5) is 5.82 Å². The van der Waals surface area contributed by atoms with Crippen LogP contribution in [0.25, 0.3) is 0 Å². The average molecular weight is 492 g/mol. The Kier molecular flexibility index (Phi) is 6.88. The summed E-state index contributed by atoms with van der Waals surface area (Å²) >= 11 is 13.5. The molecule has 1 amide bonds. The highest BCUT2D eigenvalue weighted by atomic mass is 35.5.